The summed E-state index contributed by atoms with van der Waals surface area (Å²) in [5, 5.41) is 14.6. The van der Waals surface area contributed by atoms with Gasteiger partial charge < -0.3 is 15.0 Å². The lowest BCUT2D eigenvalue weighted by molar-refractivity contribution is -0.127. The molecule has 0 fully saturated rings. The lowest BCUT2D eigenvalue weighted by Crippen LogP contribution is -2.45. The highest BCUT2D eigenvalue weighted by Crippen LogP contribution is 2.40. The van der Waals surface area contributed by atoms with Crippen LogP contribution in [0.3, 0.4) is 0 Å². The summed E-state index contributed by atoms with van der Waals surface area (Å²) in [5.41, 5.74) is 3.93. The normalized spacial score (nSPS) is 13.7. The summed E-state index contributed by atoms with van der Waals surface area (Å²) in [6, 6.07) is 15.5. The highest BCUT2D eigenvalue weighted by atomic mass is 16.5. The molecule has 0 bridgehead atoms. The summed E-state index contributed by atoms with van der Waals surface area (Å²) in [5.74, 6) is 0.0237. The number of aromatic amines is 1. The average molecular weight is 588 g/mol. The van der Waals surface area contributed by atoms with Gasteiger partial charge in [-0.2, -0.15) is 15.4 Å². The predicted molar refractivity (Wildman–Crippen MR) is 168 cm³/mol. The zero-order chi connectivity index (χ0) is 31.2. The van der Waals surface area contributed by atoms with Gasteiger partial charge in [-0.15, -0.1) is 0 Å². The topological polar surface area (TPSA) is 117 Å². The first-order valence-corrected chi connectivity index (χ1v) is 15.3. The van der Waals surface area contributed by atoms with Gasteiger partial charge in [-0.1, -0.05) is 56.3 Å². The number of Topliss-reactive ketones (excluding diaryl/α,β-unsaturated/α-hetero) is 1. The number of H-pyrrole nitrogens is 1. The molecule has 0 spiro atoms. The van der Waals surface area contributed by atoms with Crippen LogP contribution >= 0.6 is 0 Å². The van der Waals surface area contributed by atoms with Crippen molar-refractivity contribution < 1.29 is 19.1 Å². The summed E-state index contributed by atoms with van der Waals surface area (Å²) in [6.45, 7) is 12.7. The van der Waals surface area contributed by atoms with E-state index in [0.29, 0.717) is 38.1 Å². The van der Waals surface area contributed by atoms with E-state index in [1.54, 1.807) is 4.90 Å². The number of hydrogen-bond donors (Lipinski definition) is 2. The van der Waals surface area contributed by atoms with Crippen LogP contribution in [0.1, 0.15) is 85.6 Å². The van der Waals surface area contributed by atoms with Gasteiger partial charge in [0.05, 0.1) is 17.8 Å². The standard InChI is InChI=1S/C34H45N5O4/c1-7-23(2)28(40)18-19-34(5,6)43-21-20-33(3,4)35-29(41)16-17-30(42)39-22-24-12-8-9-13-25(24)31-32(37-38-36-31)26-14-10-11-15-27(26)39/h8-15,23H,7,16-22H2,1-6H3,(H,35,41)(H,36,37,38). The summed E-state index contributed by atoms with van der Waals surface area (Å²) < 4.78 is 6.12. The van der Waals surface area contributed by atoms with Crippen LogP contribution in [0.5, 0.6) is 0 Å². The van der Waals surface area contributed by atoms with Crippen LogP contribution in [0.25, 0.3) is 22.5 Å². The van der Waals surface area contributed by atoms with E-state index < -0.39 is 11.1 Å². The van der Waals surface area contributed by atoms with Crippen LogP contribution in [-0.2, 0) is 25.7 Å². The number of nitrogens with zero attached hydrogens (tertiary/aromatic N) is 3. The Balaban J connectivity index is 1.34. The molecule has 0 saturated heterocycles. The number of anilines is 1. The molecule has 2 N–H and O–H groups in total. The molecule has 9 heteroatoms. The second-order valence-electron chi connectivity index (χ2n) is 12.7. The minimum Gasteiger partial charge on any atom is -0.375 e. The first-order valence-electron chi connectivity index (χ1n) is 15.3. The van der Waals surface area contributed by atoms with Crippen LogP contribution in [-0.4, -0.2) is 50.8 Å². The fourth-order valence-corrected chi connectivity index (χ4v) is 5.29. The Morgan fingerprint density at radius 1 is 0.930 bits per heavy atom. The Morgan fingerprint density at radius 3 is 2.30 bits per heavy atom. The van der Waals surface area contributed by atoms with Crippen molar-refractivity contribution in [3.05, 3.63) is 54.1 Å². The molecule has 230 valence electrons. The van der Waals surface area contributed by atoms with E-state index in [1.807, 2.05) is 90.1 Å². The lowest BCUT2D eigenvalue weighted by Gasteiger charge is -2.31. The Kier molecular flexibility index (Phi) is 10.2. The van der Waals surface area contributed by atoms with Crippen molar-refractivity contribution in [2.24, 2.45) is 5.92 Å². The molecule has 0 radical (unpaired) electrons. The summed E-state index contributed by atoms with van der Waals surface area (Å²) in [4.78, 5) is 40.6. The van der Waals surface area contributed by atoms with Crippen molar-refractivity contribution in [1.82, 2.24) is 20.7 Å². The molecule has 0 aliphatic carbocycles. The minimum absolute atomic E-state index is 0.0673. The van der Waals surface area contributed by atoms with Crippen LogP contribution < -0.4 is 10.2 Å². The van der Waals surface area contributed by atoms with Crippen molar-refractivity contribution in [1.29, 1.82) is 0 Å². The van der Waals surface area contributed by atoms with Crippen LogP contribution in [0.4, 0.5) is 5.69 Å². The third-order valence-electron chi connectivity index (χ3n) is 8.30. The number of ether oxygens (including phenoxy) is 1. The number of hydrogen-bond acceptors (Lipinski definition) is 6. The molecule has 1 aliphatic heterocycles. The number of ketones is 1. The molecule has 2 heterocycles. The van der Waals surface area contributed by atoms with Crippen LogP contribution in [0, 0.1) is 5.92 Å². The molecule has 4 rings (SSSR count). The zero-order valence-electron chi connectivity index (χ0n) is 26.3. The molecule has 2 aromatic carbocycles. The van der Waals surface area contributed by atoms with Gasteiger partial charge >= 0.3 is 0 Å². The fourth-order valence-electron chi connectivity index (χ4n) is 5.29. The second-order valence-corrected chi connectivity index (χ2v) is 12.7. The third kappa shape index (κ3) is 8.16. The SMILES string of the molecule is CCC(C)C(=O)CCC(C)(C)OCCC(C)(C)NC(=O)CCC(=O)N1Cc2ccccc2-c2n[nH]nc2-c2ccccc21. The summed E-state index contributed by atoms with van der Waals surface area (Å²) in [6.07, 6.45) is 2.75. The highest BCUT2D eigenvalue weighted by Gasteiger charge is 2.29. The monoisotopic (exact) mass is 587 g/mol. The van der Waals surface area contributed by atoms with Crippen molar-refractivity contribution in [3.63, 3.8) is 0 Å². The van der Waals surface area contributed by atoms with Crippen molar-refractivity contribution in [2.75, 3.05) is 11.5 Å². The van der Waals surface area contributed by atoms with Gasteiger partial charge in [0.15, 0.2) is 0 Å². The maximum absolute atomic E-state index is 13.7. The van der Waals surface area contributed by atoms with Gasteiger partial charge in [0.1, 0.15) is 17.2 Å². The molecular weight excluding hydrogens is 542 g/mol. The molecule has 9 nitrogen and oxygen atoms in total. The Labute approximate surface area is 254 Å². The molecule has 0 saturated carbocycles. The molecule has 1 aromatic heterocycles. The number of fused-ring (bicyclic) bond motifs is 5. The summed E-state index contributed by atoms with van der Waals surface area (Å²) in [7, 11) is 0. The van der Waals surface area contributed by atoms with Crippen LogP contribution in [0.2, 0.25) is 0 Å². The zero-order valence-corrected chi connectivity index (χ0v) is 26.3. The molecule has 1 atom stereocenters. The molecular formula is C34H45N5O4. The number of amides is 2. The maximum atomic E-state index is 13.7. The third-order valence-corrected chi connectivity index (χ3v) is 8.30. The molecule has 1 aliphatic rings. The van der Waals surface area contributed by atoms with Gasteiger partial charge in [-0.25, -0.2) is 0 Å². The van der Waals surface area contributed by atoms with E-state index in [1.165, 1.54) is 0 Å². The van der Waals surface area contributed by atoms with E-state index in [0.717, 1.165) is 34.5 Å². The number of aromatic nitrogens is 3. The van der Waals surface area contributed by atoms with Crippen molar-refractivity contribution in [3.8, 4) is 22.5 Å². The van der Waals surface area contributed by atoms with Crippen LogP contribution in [0.15, 0.2) is 48.5 Å². The van der Waals surface area contributed by atoms with Gasteiger partial charge in [-0.3, -0.25) is 14.4 Å². The number of para-hydroxylation sites is 1. The number of benzene rings is 2. The van der Waals surface area contributed by atoms with Crippen molar-refractivity contribution >= 4 is 23.3 Å². The fraction of sp³-hybridized carbons (Fsp3) is 0.500. The molecule has 1 unspecified atom stereocenters. The van der Waals surface area contributed by atoms with Gasteiger partial charge in [0, 0.05) is 48.5 Å². The first-order chi connectivity index (χ1) is 20.4. The van der Waals surface area contributed by atoms with Gasteiger partial charge in [0.25, 0.3) is 0 Å². The van der Waals surface area contributed by atoms with E-state index in [9.17, 15) is 14.4 Å². The Bertz CT molecular complexity index is 1440. The van der Waals surface area contributed by atoms with Gasteiger partial charge in [0.2, 0.25) is 11.8 Å². The number of carbonyl (C=O) groups is 3. The Morgan fingerprint density at radius 2 is 1.58 bits per heavy atom. The predicted octanol–water partition coefficient (Wildman–Crippen LogP) is 6.24. The molecule has 43 heavy (non-hydrogen) atoms. The number of rotatable bonds is 13. The van der Waals surface area contributed by atoms with E-state index in [-0.39, 0.29) is 36.4 Å². The number of nitrogens with one attached hydrogen (secondary N) is 2. The smallest absolute Gasteiger partial charge is 0.227 e. The number of carbonyl (C=O) groups excluding carboxylic acids is 3. The van der Waals surface area contributed by atoms with E-state index in [4.69, 9.17) is 4.74 Å². The lowest BCUT2D eigenvalue weighted by atomic mass is 9.94. The van der Waals surface area contributed by atoms with Crippen molar-refractivity contribution in [2.45, 2.75) is 97.8 Å². The van der Waals surface area contributed by atoms with E-state index in [2.05, 4.69) is 20.7 Å². The van der Waals surface area contributed by atoms with Gasteiger partial charge in [-0.05, 0) is 58.6 Å². The Hall–Kier alpha value is -3.85. The minimum atomic E-state index is -0.516. The molecule has 2 amide bonds. The maximum Gasteiger partial charge on any atom is 0.227 e. The summed E-state index contributed by atoms with van der Waals surface area (Å²) >= 11 is 0. The average Bonchev–Trinajstić information content (AvgIpc) is 3.45. The second kappa shape index (κ2) is 13.6. The molecule has 3 aromatic rings. The largest absolute Gasteiger partial charge is 0.375 e. The highest BCUT2D eigenvalue weighted by molar-refractivity contribution is 6.01. The quantitative estimate of drug-likeness (QED) is 0.244. The van der Waals surface area contributed by atoms with E-state index >= 15 is 0 Å². The first kappa shape index (κ1) is 32.1.